The fraction of sp³-hybridized carbons (Fsp3) is 0.562. The highest BCUT2D eigenvalue weighted by Crippen LogP contribution is 2.30. The van der Waals surface area contributed by atoms with Crippen molar-refractivity contribution in [2.24, 2.45) is 0 Å². The molecule has 0 radical (unpaired) electrons. The zero-order chi connectivity index (χ0) is 14.5. The van der Waals surface area contributed by atoms with Gasteiger partial charge < -0.3 is 4.90 Å². The van der Waals surface area contributed by atoms with Crippen molar-refractivity contribution in [2.45, 2.75) is 31.7 Å². The summed E-state index contributed by atoms with van der Waals surface area (Å²) < 4.78 is 0. The van der Waals surface area contributed by atoms with E-state index in [1.165, 1.54) is 0 Å². The lowest BCUT2D eigenvalue weighted by molar-refractivity contribution is 0.209. The van der Waals surface area contributed by atoms with Crippen LogP contribution in [-0.2, 0) is 0 Å². The summed E-state index contributed by atoms with van der Waals surface area (Å²) in [5, 5.41) is 9.50. The van der Waals surface area contributed by atoms with Crippen molar-refractivity contribution in [3.8, 4) is 6.07 Å². The number of thioether (sulfide) groups is 1. The van der Waals surface area contributed by atoms with E-state index in [-0.39, 0.29) is 0 Å². The summed E-state index contributed by atoms with van der Waals surface area (Å²) in [6.07, 6.45) is 0. The molecule has 4 heteroatoms. The molecule has 0 unspecified atom stereocenters. The van der Waals surface area contributed by atoms with Crippen LogP contribution in [0.3, 0.4) is 0 Å². The maximum Gasteiger partial charge on any atom is 0.103 e. The third-order valence-electron chi connectivity index (χ3n) is 3.80. The highest BCUT2D eigenvalue weighted by molar-refractivity contribution is 7.99. The third-order valence-corrected chi connectivity index (χ3v) is 4.74. The van der Waals surface area contributed by atoms with E-state index in [1.807, 2.05) is 0 Å². The van der Waals surface area contributed by atoms with Crippen molar-refractivity contribution in [3.63, 3.8) is 0 Å². The van der Waals surface area contributed by atoms with Gasteiger partial charge in [0.15, 0.2) is 0 Å². The Bertz CT molecular complexity index is 485. The molecule has 1 aliphatic rings. The van der Waals surface area contributed by atoms with Gasteiger partial charge in [-0.15, -0.1) is 11.8 Å². The van der Waals surface area contributed by atoms with Gasteiger partial charge in [0.05, 0.1) is 11.3 Å². The Morgan fingerprint density at radius 1 is 1.25 bits per heavy atom. The quantitative estimate of drug-likeness (QED) is 0.796. The number of benzene rings is 1. The van der Waals surface area contributed by atoms with Crippen molar-refractivity contribution in [3.05, 3.63) is 23.8 Å². The molecule has 0 aliphatic carbocycles. The number of nitrogens with zero attached hydrogens (tertiary/aromatic N) is 3. The standard InChI is InChI=1S/C16H23N3S/c1-4-20-16-7-5-6-15(14(16)12-17)19-10-8-18(9-11-19)13(2)3/h5-7,13H,4,8-11H2,1-3H3. The van der Waals surface area contributed by atoms with Crippen LogP contribution >= 0.6 is 11.8 Å². The largest absolute Gasteiger partial charge is 0.368 e. The van der Waals surface area contributed by atoms with Crippen LogP contribution in [0, 0.1) is 11.3 Å². The molecule has 3 nitrogen and oxygen atoms in total. The van der Waals surface area contributed by atoms with Gasteiger partial charge in [-0.3, -0.25) is 4.90 Å². The summed E-state index contributed by atoms with van der Waals surface area (Å²) in [6, 6.07) is 9.23. The van der Waals surface area contributed by atoms with Gasteiger partial charge in [-0.25, -0.2) is 0 Å². The van der Waals surface area contributed by atoms with E-state index in [9.17, 15) is 5.26 Å². The molecular weight excluding hydrogens is 266 g/mol. The van der Waals surface area contributed by atoms with Crippen molar-refractivity contribution >= 4 is 17.4 Å². The van der Waals surface area contributed by atoms with Crippen LogP contribution < -0.4 is 4.90 Å². The highest BCUT2D eigenvalue weighted by Gasteiger charge is 2.21. The number of piperazine rings is 1. The van der Waals surface area contributed by atoms with Gasteiger partial charge in [0.25, 0.3) is 0 Å². The SMILES string of the molecule is CCSc1cccc(N2CCN(C(C)C)CC2)c1C#N. The smallest absolute Gasteiger partial charge is 0.103 e. The minimum Gasteiger partial charge on any atom is -0.368 e. The molecule has 1 aromatic carbocycles. The lowest BCUT2D eigenvalue weighted by Crippen LogP contribution is -2.49. The molecule has 1 aromatic rings. The lowest BCUT2D eigenvalue weighted by atomic mass is 10.1. The average Bonchev–Trinajstić information content (AvgIpc) is 2.47. The van der Waals surface area contributed by atoms with Crippen LogP contribution in [0.25, 0.3) is 0 Å². The topological polar surface area (TPSA) is 30.3 Å². The minimum atomic E-state index is 0.606. The molecule has 0 atom stereocenters. The first-order valence-corrected chi connectivity index (χ1v) is 8.30. The first kappa shape index (κ1) is 15.2. The number of rotatable bonds is 4. The summed E-state index contributed by atoms with van der Waals surface area (Å²) in [5.41, 5.74) is 1.95. The molecule has 108 valence electrons. The molecule has 1 heterocycles. The lowest BCUT2D eigenvalue weighted by Gasteiger charge is -2.38. The van der Waals surface area contributed by atoms with E-state index in [0.29, 0.717) is 6.04 Å². The number of anilines is 1. The first-order chi connectivity index (χ1) is 9.67. The van der Waals surface area contributed by atoms with E-state index in [4.69, 9.17) is 0 Å². The van der Waals surface area contributed by atoms with Gasteiger partial charge >= 0.3 is 0 Å². The van der Waals surface area contributed by atoms with Crippen LogP contribution in [0.1, 0.15) is 26.3 Å². The number of hydrogen-bond acceptors (Lipinski definition) is 4. The molecule has 0 spiro atoms. The van der Waals surface area contributed by atoms with E-state index >= 15 is 0 Å². The molecule has 2 rings (SSSR count). The number of hydrogen-bond donors (Lipinski definition) is 0. The van der Waals surface area contributed by atoms with E-state index in [2.05, 4.69) is 54.8 Å². The van der Waals surface area contributed by atoms with Gasteiger partial charge in [0.2, 0.25) is 0 Å². The molecule has 1 saturated heterocycles. The maximum atomic E-state index is 9.50. The predicted octanol–water partition coefficient (Wildman–Crippen LogP) is 3.20. The molecule has 0 saturated carbocycles. The minimum absolute atomic E-state index is 0.606. The van der Waals surface area contributed by atoms with Crippen molar-refractivity contribution in [2.75, 3.05) is 36.8 Å². The van der Waals surface area contributed by atoms with Gasteiger partial charge in [-0.2, -0.15) is 5.26 Å². The predicted molar refractivity (Wildman–Crippen MR) is 86.5 cm³/mol. The summed E-state index contributed by atoms with van der Waals surface area (Å²) >= 11 is 1.75. The monoisotopic (exact) mass is 289 g/mol. The second kappa shape index (κ2) is 7.01. The summed E-state index contributed by atoms with van der Waals surface area (Å²) in [6.45, 7) is 10.8. The molecule has 0 N–H and O–H groups in total. The van der Waals surface area contributed by atoms with Gasteiger partial charge in [-0.05, 0) is 31.7 Å². The molecule has 0 bridgehead atoms. The zero-order valence-corrected chi connectivity index (χ0v) is 13.4. The van der Waals surface area contributed by atoms with Crippen LogP contribution in [0.15, 0.2) is 23.1 Å². The van der Waals surface area contributed by atoms with E-state index < -0.39 is 0 Å². The van der Waals surface area contributed by atoms with Crippen molar-refractivity contribution in [1.82, 2.24) is 4.90 Å². The highest BCUT2D eigenvalue weighted by atomic mass is 32.2. The van der Waals surface area contributed by atoms with Gasteiger partial charge in [0.1, 0.15) is 6.07 Å². The Labute approximate surface area is 126 Å². The van der Waals surface area contributed by atoms with Crippen LogP contribution in [0.2, 0.25) is 0 Å². The zero-order valence-electron chi connectivity index (χ0n) is 12.6. The fourth-order valence-corrected chi connectivity index (χ4v) is 3.43. The fourth-order valence-electron chi connectivity index (χ4n) is 2.65. The van der Waals surface area contributed by atoms with E-state index in [1.54, 1.807) is 11.8 Å². The Morgan fingerprint density at radius 2 is 1.95 bits per heavy atom. The Morgan fingerprint density at radius 3 is 2.50 bits per heavy atom. The Kier molecular flexibility index (Phi) is 5.33. The molecule has 0 amide bonds. The third kappa shape index (κ3) is 3.28. The molecule has 20 heavy (non-hydrogen) atoms. The summed E-state index contributed by atoms with van der Waals surface area (Å²) in [7, 11) is 0. The number of nitriles is 1. The second-order valence-corrected chi connectivity index (χ2v) is 6.62. The van der Waals surface area contributed by atoms with Gasteiger partial charge in [-0.1, -0.05) is 13.0 Å². The normalized spacial score (nSPS) is 16.4. The first-order valence-electron chi connectivity index (χ1n) is 7.32. The summed E-state index contributed by atoms with van der Waals surface area (Å²) in [5.74, 6) is 0.999. The second-order valence-electron chi connectivity index (χ2n) is 5.31. The van der Waals surface area contributed by atoms with Crippen LogP contribution in [-0.4, -0.2) is 42.9 Å². The van der Waals surface area contributed by atoms with Crippen LogP contribution in [0.4, 0.5) is 5.69 Å². The van der Waals surface area contributed by atoms with E-state index in [0.717, 1.165) is 48.1 Å². The molecule has 1 aliphatic heterocycles. The van der Waals surface area contributed by atoms with Crippen molar-refractivity contribution < 1.29 is 0 Å². The molecular formula is C16H23N3S. The molecule has 0 aromatic heterocycles. The Balaban J connectivity index is 2.18. The molecule has 1 fully saturated rings. The average molecular weight is 289 g/mol. The Hall–Kier alpha value is -1.18. The van der Waals surface area contributed by atoms with Crippen LogP contribution in [0.5, 0.6) is 0 Å². The summed E-state index contributed by atoms with van der Waals surface area (Å²) in [4.78, 5) is 5.96. The van der Waals surface area contributed by atoms with Crippen molar-refractivity contribution in [1.29, 1.82) is 5.26 Å². The maximum absolute atomic E-state index is 9.50. The van der Waals surface area contributed by atoms with Gasteiger partial charge in [0, 0.05) is 37.1 Å².